The van der Waals surface area contributed by atoms with Crippen LogP contribution in [-0.4, -0.2) is 43.8 Å². The number of aromatic amines is 1. The number of H-pyrrole nitrogens is 1. The van der Waals surface area contributed by atoms with Crippen molar-refractivity contribution in [2.75, 3.05) is 28.4 Å². The first-order valence-electron chi connectivity index (χ1n) is 8.17. The van der Waals surface area contributed by atoms with Gasteiger partial charge in [-0.15, -0.1) is 0 Å². The molecule has 0 amide bonds. The Labute approximate surface area is 156 Å². The molecule has 0 radical (unpaired) electrons. The normalized spacial score (nSPS) is 10.7. The number of rotatable bonds is 8. The molecule has 0 spiro atoms. The van der Waals surface area contributed by atoms with E-state index in [0.717, 1.165) is 22.4 Å². The topological polar surface area (TPSA) is 87.7 Å². The van der Waals surface area contributed by atoms with Gasteiger partial charge in [0.05, 0.1) is 34.0 Å². The van der Waals surface area contributed by atoms with Gasteiger partial charge in [0, 0.05) is 11.1 Å². The molecule has 27 heavy (non-hydrogen) atoms. The third kappa shape index (κ3) is 3.86. The van der Waals surface area contributed by atoms with Gasteiger partial charge >= 0.3 is 0 Å². The average molecular weight is 371 g/mol. The van der Waals surface area contributed by atoms with E-state index in [0.29, 0.717) is 22.9 Å². The smallest absolute Gasteiger partial charge is 0.128 e. The standard InChI is InChI=1S/C19H21N3O5/c1-23-14-7-5-12(6-8-14)18-19(21-22-20-18)13-9-16(24-2)15(11-27-26-4)17(10-13)25-3/h5-10H,11H2,1-4H3,(H,20,21,22). The van der Waals surface area contributed by atoms with Crippen LogP contribution in [0.2, 0.25) is 0 Å². The summed E-state index contributed by atoms with van der Waals surface area (Å²) in [5.41, 5.74) is 3.83. The zero-order valence-corrected chi connectivity index (χ0v) is 15.6. The molecule has 1 aromatic heterocycles. The number of aromatic nitrogens is 3. The molecule has 142 valence electrons. The Kier molecular flexibility index (Phi) is 5.90. The molecule has 3 rings (SSSR count). The highest BCUT2D eigenvalue weighted by Crippen LogP contribution is 2.37. The van der Waals surface area contributed by atoms with Crippen LogP contribution in [0.25, 0.3) is 22.5 Å². The summed E-state index contributed by atoms with van der Waals surface area (Å²) in [5, 5.41) is 11.3. The van der Waals surface area contributed by atoms with Crippen LogP contribution in [-0.2, 0) is 16.4 Å². The molecule has 2 aromatic carbocycles. The monoisotopic (exact) mass is 371 g/mol. The first-order chi connectivity index (χ1) is 13.2. The van der Waals surface area contributed by atoms with E-state index in [-0.39, 0.29) is 6.61 Å². The summed E-state index contributed by atoms with van der Waals surface area (Å²) in [6.07, 6.45) is 0. The highest BCUT2D eigenvalue weighted by Gasteiger charge is 2.19. The van der Waals surface area contributed by atoms with Crippen LogP contribution >= 0.6 is 0 Å². The van der Waals surface area contributed by atoms with Gasteiger partial charge < -0.3 is 14.2 Å². The molecule has 0 bridgehead atoms. The zero-order chi connectivity index (χ0) is 19.2. The Hall–Kier alpha value is -3.10. The van der Waals surface area contributed by atoms with E-state index in [4.69, 9.17) is 24.0 Å². The zero-order valence-electron chi connectivity index (χ0n) is 15.6. The number of hydrogen-bond donors (Lipinski definition) is 1. The molecule has 8 nitrogen and oxygen atoms in total. The van der Waals surface area contributed by atoms with Crippen molar-refractivity contribution < 1.29 is 24.0 Å². The number of hydrogen-bond acceptors (Lipinski definition) is 7. The molecule has 1 N–H and O–H groups in total. The van der Waals surface area contributed by atoms with Gasteiger partial charge in [0.25, 0.3) is 0 Å². The molecule has 0 atom stereocenters. The van der Waals surface area contributed by atoms with Gasteiger partial charge in [0.1, 0.15) is 35.2 Å². The van der Waals surface area contributed by atoms with Crippen molar-refractivity contribution in [1.82, 2.24) is 15.4 Å². The fraction of sp³-hybridized carbons (Fsp3) is 0.263. The highest BCUT2D eigenvalue weighted by atomic mass is 17.2. The van der Waals surface area contributed by atoms with Crippen molar-refractivity contribution in [3.8, 4) is 39.8 Å². The minimum Gasteiger partial charge on any atom is -0.497 e. The van der Waals surface area contributed by atoms with Crippen molar-refractivity contribution in [1.29, 1.82) is 0 Å². The van der Waals surface area contributed by atoms with E-state index >= 15 is 0 Å². The van der Waals surface area contributed by atoms with Crippen molar-refractivity contribution in [3.63, 3.8) is 0 Å². The van der Waals surface area contributed by atoms with Gasteiger partial charge in [-0.1, -0.05) is 0 Å². The predicted octanol–water partition coefficient (Wildman–Crippen LogP) is 3.24. The van der Waals surface area contributed by atoms with Crippen LogP contribution in [0.15, 0.2) is 36.4 Å². The summed E-state index contributed by atoms with van der Waals surface area (Å²) in [7, 11) is 6.25. The molecule has 0 unspecified atom stereocenters. The van der Waals surface area contributed by atoms with Crippen LogP contribution in [0.4, 0.5) is 0 Å². The Bertz CT molecular complexity index is 868. The molecule has 0 aliphatic rings. The maximum atomic E-state index is 5.51. The molecule has 0 saturated carbocycles. The number of nitrogens with one attached hydrogen (secondary N) is 1. The fourth-order valence-corrected chi connectivity index (χ4v) is 2.76. The summed E-state index contributed by atoms with van der Waals surface area (Å²) in [5.74, 6) is 1.98. The van der Waals surface area contributed by atoms with Gasteiger partial charge in [0.2, 0.25) is 0 Å². The Morgan fingerprint density at radius 1 is 0.778 bits per heavy atom. The van der Waals surface area contributed by atoms with E-state index in [1.54, 1.807) is 21.3 Å². The molecule has 1 heterocycles. The van der Waals surface area contributed by atoms with Crippen LogP contribution in [0, 0.1) is 0 Å². The van der Waals surface area contributed by atoms with E-state index < -0.39 is 0 Å². The van der Waals surface area contributed by atoms with Crippen LogP contribution in [0.1, 0.15) is 5.56 Å². The van der Waals surface area contributed by atoms with Crippen molar-refractivity contribution in [2.45, 2.75) is 6.61 Å². The lowest BCUT2D eigenvalue weighted by Gasteiger charge is -2.14. The van der Waals surface area contributed by atoms with Gasteiger partial charge in [-0.2, -0.15) is 15.4 Å². The van der Waals surface area contributed by atoms with Crippen LogP contribution in [0.3, 0.4) is 0 Å². The maximum absolute atomic E-state index is 5.51. The van der Waals surface area contributed by atoms with E-state index in [1.807, 2.05) is 36.4 Å². The molecule has 8 heteroatoms. The van der Waals surface area contributed by atoms with Crippen LogP contribution in [0.5, 0.6) is 17.2 Å². The number of benzene rings is 2. The first-order valence-corrected chi connectivity index (χ1v) is 8.17. The summed E-state index contributed by atoms with van der Waals surface area (Å²) in [4.78, 5) is 9.74. The molecule has 3 aromatic rings. The SMILES string of the molecule is COOCc1c(OC)cc(-c2n[nH]nc2-c2ccc(OC)cc2)cc1OC. The minimum atomic E-state index is 0.188. The molecule has 0 aliphatic carbocycles. The number of nitrogens with zero attached hydrogens (tertiary/aromatic N) is 2. The molecular weight excluding hydrogens is 350 g/mol. The molecule has 0 aliphatic heterocycles. The second kappa shape index (κ2) is 8.52. The largest absolute Gasteiger partial charge is 0.497 e. The Balaban J connectivity index is 2.05. The van der Waals surface area contributed by atoms with Crippen molar-refractivity contribution in [3.05, 3.63) is 42.0 Å². The highest BCUT2D eigenvalue weighted by molar-refractivity contribution is 5.79. The Morgan fingerprint density at radius 3 is 1.89 bits per heavy atom. The lowest BCUT2D eigenvalue weighted by molar-refractivity contribution is -0.282. The summed E-state index contributed by atoms with van der Waals surface area (Å²) in [6.45, 7) is 0.188. The minimum absolute atomic E-state index is 0.188. The average Bonchev–Trinajstić information content (AvgIpc) is 3.21. The fourth-order valence-electron chi connectivity index (χ4n) is 2.76. The van der Waals surface area contributed by atoms with Gasteiger partial charge in [-0.25, -0.2) is 9.78 Å². The molecule has 0 fully saturated rings. The van der Waals surface area contributed by atoms with E-state index in [1.165, 1.54) is 7.11 Å². The van der Waals surface area contributed by atoms with Crippen molar-refractivity contribution >= 4 is 0 Å². The summed E-state index contributed by atoms with van der Waals surface area (Å²) < 4.78 is 16.2. The van der Waals surface area contributed by atoms with Gasteiger partial charge in [-0.05, 0) is 36.4 Å². The molecular formula is C19H21N3O5. The third-order valence-electron chi connectivity index (χ3n) is 4.11. The lowest BCUT2D eigenvalue weighted by Crippen LogP contribution is -2.00. The molecule has 0 saturated heterocycles. The number of ether oxygens (including phenoxy) is 3. The summed E-state index contributed by atoms with van der Waals surface area (Å²) >= 11 is 0. The number of methoxy groups -OCH3 is 3. The van der Waals surface area contributed by atoms with E-state index in [2.05, 4.69) is 15.4 Å². The van der Waals surface area contributed by atoms with Crippen molar-refractivity contribution in [2.24, 2.45) is 0 Å². The second-order valence-corrected chi connectivity index (χ2v) is 5.54. The quantitative estimate of drug-likeness (QED) is 0.480. The lowest BCUT2D eigenvalue weighted by atomic mass is 10.0. The first kappa shape index (κ1) is 18.7. The Morgan fingerprint density at radius 2 is 1.37 bits per heavy atom. The maximum Gasteiger partial charge on any atom is 0.128 e. The van der Waals surface area contributed by atoms with Gasteiger partial charge in [-0.3, -0.25) is 0 Å². The summed E-state index contributed by atoms with van der Waals surface area (Å²) in [6, 6.07) is 11.3. The predicted molar refractivity (Wildman–Crippen MR) is 98.7 cm³/mol. The second-order valence-electron chi connectivity index (χ2n) is 5.54. The third-order valence-corrected chi connectivity index (χ3v) is 4.11. The van der Waals surface area contributed by atoms with E-state index in [9.17, 15) is 0 Å². The van der Waals surface area contributed by atoms with Gasteiger partial charge in [0.15, 0.2) is 0 Å². The van der Waals surface area contributed by atoms with Crippen LogP contribution < -0.4 is 14.2 Å².